The molecule has 0 amide bonds. The summed E-state index contributed by atoms with van der Waals surface area (Å²) in [4.78, 5) is 10.7. The standard InChI is InChI=1S/C11H10ClF3O2/c12-9-3-1-4-10(8(9)7-16)17-6-2-5-11(13,14)15/h1,3-4,7H,2,5-6H2. The Morgan fingerprint density at radius 1 is 1.35 bits per heavy atom. The molecule has 0 unspecified atom stereocenters. The summed E-state index contributed by atoms with van der Waals surface area (Å²) in [5, 5.41) is 0.216. The highest BCUT2D eigenvalue weighted by Crippen LogP contribution is 2.25. The van der Waals surface area contributed by atoms with Gasteiger partial charge in [-0.2, -0.15) is 13.2 Å². The van der Waals surface area contributed by atoms with Crippen molar-refractivity contribution in [3.8, 4) is 5.75 Å². The van der Waals surface area contributed by atoms with Crippen molar-refractivity contribution in [1.82, 2.24) is 0 Å². The van der Waals surface area contributed by atoms with Gasteiger partial charge in [0.2, 0.25) is 0 Å². The molecule has 0 aliphatic carbocycles. The van der Waals surface area contributed by atoms with Crippen LogP contribution in [0, 0.1) is 0 Å². The summed E-state index contributed by atoms with van der Waals surface area (Å²) < 4.78 is 40.7. The highest BCUT2D eigenvalue weighted by molar-refractivity contribution is 6.33. The van der Waals surface area contributed by atoms with E-state index in [2.05, 4.69) is 0 Å². The lowest BCUT2D eigenvalue weighted by atomic mass is 10.2. The van der Waals surface area contributed by atoms with Crippen LogP contribution in [0.2, 0.25) is 5.02 Å². The minimum Gasteiger partial charge on any atom is -0.493 e. The summed E-state index contributed by atoms with van der Waals surface area (Å²) >= 11 is 5.72. The molecule has 0 radical (unpaired) electrons. The van der Waals surface area contributed by atoms with Gasteiger partial charge in [0, 0.05) is 6.42 Å². The number of benzene rings is 1. The molecule has 0 saturated carbocycles. The number of carbonyl (C=O) groups excluding carboxylic acids is 1. The quantitative estimate of drug-likeness (QED) is 0.597. The van der Waals surface area contributed by atoms with Gasteiger partial charge in [-0.05, 0) is 18.6 Å². The Morgan fingerprint density at radius 3 is 2.65 bits per heavy atom. The van der Waals surface area contributed by atoms with Crippen LogP contribution in [0.5, 0.6) is 5.75 Å². The van der Waals surface area contributed by atoms with Crippen molar-refractivity contribution >= 4 is 17.9 Å². The van der Waals surface area contributed by atoms with E-state index < -0.39 is 12.6 Å². The smallest absolute Gasteiger partial charge is 0.389 e. The van der Waals surface area contributed by atoms with Crippen LogP contribution < -0.4 is 4.74 Å². The van der Waals surface area contributed by atoms with Crippen molar-refractivity contribution in [2.45, 2.75) is 19.0 Å². The van der Waals surface area contributed by atoms with Gasteiger partial charge in [0.1, 0.15) is 5.75 Å². The van der Waals surface area contributed by atoms with Crippen molar-refractivity contribution in [2.75, 3.05) is 6.61 Å². The third kappa shape index (κ3) is 4.65. The second-order valence-corrected chi connectivity index (χ2v) is 3.74. The largest absolute Gasteiger partial charge is 0.493 e. The third-order valence-electron chi connectivity index (χ3n) is 1.99. The maximum Gasteiger partial charge on any atom is 0.389 e. The monoisotopic (exact) mass is 266 g/mol. The first-order valence-corrected chi connectivity index (χ1v) is 5.25. The molecular formula is C11H10ClF3O2. The van der Waals surface area contributed by atoms with Crippen LogP contribution in [-0.2, 0) is 0 Å². The van der Waals surface area contributed by atoms with Crippen molar-refractivity contribution in [3.05, 3.63) is 28.8 Å². The van der Waals surface area contributed by atoms with Crippen LogP contribution in [0.4, 0.5) is 13.2 Å². The van der Waals surface area contributed by atoms with Crippen molar-refractivity contribution in [3.63, 3.8) is 0 Å². The highest BCUT2D eigenvalue weighted by atomic mass is 35.5. The Balaban J connectivity index is 2.52. The van der Waals surface area contributed by atoms with E-state index in [0.29, 0.717) is 6.29 Å². The molecule has 0 saturated heterocycles. The molecule has 0 fully saturated rings. The van der Waals surface area contributed by atoms with Gasteiger partial charge in [0.05, 0.1) is 17.2 Å². The average molecular weight is 267 g/mol. The minimum atomic E-state index is -4.19. The molecule has 6 heteroatoms. The minimum absolute atomic E-state index is 0.110. The molecule has 0 bridgehead atoms. The SMILES string of the molecule is O=Cc1c(Cl)cccc1OCCCC(F)(F)F. The number of ether oxygens (including phenoxy) is 1. The predicted octanol–water partition coefficient (Wildman–Crippen LogP) is 3.87. The van der Waals surface area contributed by atoms with E-state index in [-0.39, 0.29) is 29.4 Å². The van der Waals surface area contributed by atoms with Crippen LogP contribution in [0.3, 0.4) is 0 Å². The van der Waals surface area contributed by atoms with E-state index in [1.165, 1.54) is 12.1 Å². The summed E-state index contributed by atoms with van der Waals surface area (Å²) in [6.45, 7) is -0.110. The predicted molar refractivity (Wildman–Crippen MR) is 57.6 cm³/mol. The van der Waals surface area contributed by atoms with Gasteiger partial charge in [-0.1, -0.05) is 17.7 Å². The molecule has 1 aromatic carbocycles. The lowest BCUT2D eigenvalue weighted by molar-refractivity contribution is -0.136. The van der Waals surface area contributed by atoms with E-state index in [1.54, 1.807) is 6.07 Å². The van der Waals surface area contributed by atoms with Crippen molar-refractivity contribution < 1.29 is 22.7 Å². The van der Waals surface area contributed by atoms with Gasteiger partial charge in [-0.25, -0.2) is 0 Å². The molecule has 1 aromatic rings. The molecule has 0 N–H and O–H groups in total. The average Bonchev–Trinajstić information content (AvgIpc) is 2.23. The van der Waals surface area contributed by atoms with E-state index in [0.717, 1.165) is 0 Å². The summed E-state index contributed by atoms with van der Waals surface area (Å²) in [5.41, 5.74) is 0.154. The number of halogens is 4. The second kappa shape index (κ2) is 5.91. The number of hydrogen-bond donors (Lipinski definition) is 0. The third-order valence-corrected chi connectivity index (χ3v) is 2.32. The van der Waals surface area contributed by atoms with Gasteiger partial charge in [0.25, 0.3) is 0 Å². The molecule has 17 heavy (non-hydrogen) atoms. The fourth-order valence-electron chi connectivity index (χ4n) is 1.21. The molecular weight excluding hydrogens is 257 g/mol. The lowest BCUT2D eigenvalue weighted by Gasteiger charge is -2.10. The van der Waals surface area contributed by atoms with Gasteiger partial charge < -0.3 is 4.74 Å². The summed E-state index contributed by atoms with van der Waals surface area (Å²) in [7, 11) is 0. The normalized spacial score (nSPS) is 11.3. The highest BCUT2D eigenvalue weighted by Gasteiger charge is 2.26. The summed E-state index contributed by atoms with van der Waals surface area (Å²) in [6, 6.07) is 4.56. The Morgan fingerprint density at radius 2 is 2.06 bits per heavy atom. The maximum atomic E-state index is 11.9. The van der Waals surface area contributed by atoms with Crippen LogP contribution in [0.25, 0.3) is 0 Å². The fraction of sp³-hybridized carbons (Fsp3) is 0.364. The summed E-state index contributed by atoms with van der Waals surface area (Å²) in [6.07, 6.45) is -4.75. The second-order valence-electron chi connectivity index (χ2n) is 3.34. The molecule has 94 valence electrons. The van der Waals surface area contributed by atoms with E-state index in [4.69, 9.17) is 16.3 Å². The maximum absolute atomic E-state index is 11.9. The van der Waals surface area contributed by atoms with Crippen LogP contribution >= 0.6 is 11.6 Å². The first-order chi connectivity index (χ1) is 7.94. The first kappa shape index (κ1) is 13.8. The lowest BCUT2D eigenvalue weighted by Crippen LogP contribution is -2.10. The molecule has 2 nitrogen and oxygen atoms in total. The van der Waals surface area contributed by atoms with E-state index in [9.17, 15) is 18.0 Å². The molecule has 0 aliphatic rings. The Labute approximate surface area is 101 Å². The molecule has 0 atom stereocenters. The number of alkyl halides is 3. The van der Waals surface area contributed by atoms with Gasteiger partial charge in [0.15, 0.2) is 6.29 Å². The zero-order valence-corrected chi connectivity index (χ0v) is 9.52. The number of hydrogen-bond acceptors (Lipinski definition) is 2. The molecule has 0 heterocycles. The topological polar surface area (TPSA) is 26.3 Å². The number of aldehydes is 1. The fourth-order valence-corrected chi connectivity index (χ4v) is 1.42. The van der Waals surface area contributed by atoms with Gasteiger partial charge in [-0.3, -0.25) is 4.79 Å². The van der Waals surface area contributed by atoms with E-state index >= 15 is 0 Å². The first-order valence-electron chi connectivity index (χ1n) is 4.87. The molecule has 0 spiro atoms. The van der Waals surface area contributed by atoms with Gasteiger partial charge in [-0.15, -0.1) is 0 Å². The molecule has 1 rings (SSSR count). The van der Waals surface area contributed by atoms with Crippen LogP contribution in [0.15, 0.2) is 18.2 Å². The Hall–Kier alpha value is -1.23. The zero-order valence-electron chi connectivity index (χ0n) is 8.76. The summed E-state index contributed by atoms with van der Waals surface area (Å²) in [5.74, 6) is 0.203. The van der Waals surface area contributed by atoms with E-state index in [1.807, 2.05) is 0 Å². The van der Waals surface area contributed by atoms with Gasteiger partial charge >= 0.3 is 6.18 Å². The molecule has 0 aromatic heterocycles. The Bertz CT molecular complexity index is 391. The number of rotatable bonds is 5. The van der Waals surface area contributed by atoms with Crippen LogP contribution in [0.1, 0.15) is 23.2 Å². The molecule has 0 aliphatic heterocycles. The van der Waals surface area contributed by atoms with Crippen molar-refractivity contribution in [1.29, 1.82) is 0 Å². The Kier molecular flexibility index (Phi) is 4.81. The van der Waals surface area contributed by atoms with Crippen molar-refractivity contribution in [2.24, 2.45) is 0 Å². The van der Waals surface area contributed by atoms with Crippen LogP contribution in [-0.4, -0.2) is 19.1 Å². The number of carbonyl (C=O) groups is 1. The zero-order chi connectivity index (χ0) is 12.9.